The lowest BCUT2D eigenvalue weighted by Gasteiger charge is -2.20. The van der Waals surface area contributed by atoms with E-state index in [0.29, 0.717) is 27.9 Å². The van der Waals surface area contributed by atoms with Crippen LogP contribution < -0.4 is 10.9 Å². The molecule has 0 bridgehead atoms. The topological polar surface area (TPSA) is 60.1 Å². The Balaban J connectivity index is 1.70. The van der Waals surface area contributed by atoms with Gasteiger partial charge >= 0.3 is 0 Å². The van der Waals surface area contributed by atoms with Gasteiger partial charge in [0.1, 0.15) is 17.3 Å². The molecule has 0 spiro atoms. The first-order valence-electron chi connectivity index (χ1n) is 11.5. The summed E-state index contributed by atoms with van der Waals surface area (Å²) in [5.41, 5.74) is 3.23. The SMILES string of the molecule is Cc1cc(Cl)cc(C)c1-n1cc(-c2nc([C@H]3CCCCN3)oc2-c2ccc(F)cc2F)ccc1=O. The van der Waals surface area contributed by atoms with Crippen LogP contribution in [0.25, 0.3) is 28.3 Å². The van der Waals surface area contributed by atoms with Crippen LogP contribution in [0.5, 0.6) is 0 Å². The normalized spacial score (nSPS) is 16.0. The molecule has 1 N–H and O–H groups in total. The second-order valence-corrected chi connectivity index (χ2v) is 9.31. The van der Waals surface area contributed by atoms with E-state index >= 15 is 0 Å². The molecule has 2 aromatic carbocycles. The number of rotatable bonds is 4. The second kappa shape index (κ2) is 9.40. The fourth-order valence-electron chi connectivity index (χ4n) is 4.69. The van der Waals surface area contributed by atoms with Gasteiger partial charge in [0.2, 0.25) is 5.89 Å². The maximum atomic E-state index is 14.8. The summed E-state index contributed by atoms with van der Waals surface area (Å²) in [4.78, 5) is 17.6. The predicted octanol–water partition coefficient (Wildman–Crippen LogP) is 6.52. The molecule has 0 saturated carbocycles. The van der Waals surface area contributed by atoms with Crippen LogP contribution in [0, 0.1) is 25.5 Å². The van der Waals surface area contributed by atoms with Gasteiger partial charge in [0.25, 0.3) is 5.56 Å². The molecule has 0 radical (unpaired) electrons. The van der Waals surface area contributed by atoms with Gasteiger partial charge in [-0.25, -0.2) is 13.8 Å². The number of aromatic nitrogens is 2. The van der Waals surface area contributed by atoms with Gasteiger partial charge in [0.15, 0.2) is 5.76 Å². The Bertz CT molecular complexity index is 1450. The number of nitrogens with zero attached hydrogens (tertiary/aromatic N) is 2. The van der Waals surface area contributed by atoms with E-state index < -0.39 is 11.6 Å². The molecular formula is C27H24ClF2N3O2. The molecule has 1 aliphatic heterocycles. The second-order valence-electron chi connectivity index (χ2n) is 8.87. The number of pyridine rings is 1. The Morgan fingerprint density at radius 1 is 1.09 bits per heavy atom. The third kappa shape index (κ3) is 4.54. The lowest BCUT2D eigenvalue weighted by atomic mass is 10.0. The summed E-state index contributed by atoms with van der Waals surface area (Å²) in [6.45, 7) is 4.60. The molecule has 0 unspecified atom stereocenters. The minimum Gasteiger partial charge on any atom is -0.438 e. The highest BCUT2D eigenvalue weighted by Gasteiger charge is 2.26. The first-order valence-corrected chi connectivity index (χ1v) is 11.9. The summed E-state index contributed by atoms with van der Waals surface area (Å²) < 4.78 is 36.1. The highest BCUT2D eigenvalue weighted by molar-refractivity contribution is 6.30. The van der Waals surface area contributed by atoms with Crippen LogP contribution in [0.15, 0.2) is 57.9 Å². The van der Waals surface area contributed by atoms with Crippen molar-refractivity contribution in [2.45, 2.75) is 39.2 Å². The number of halogens is 3. The molecule has 8 heteroatoms. The smallest absolute Gasteiger partial charge is 0.255 e. The summed E-state index contributed by atoms with van der Waals surface area (Å²) in [6, 6.07) is 9.92. The Hall–Kier alpha value is -3.29. The molecule has 1 aliphatic rings. The zero-order valence-corrected chi connectivity index (χ0v) is 20.1. The van der Waals surface area contributed by atoms with Crippen molar-refractivity contribution >= 4 is 11.6 Å². The van der Waals surface area contributed by atoms with Gasteiger partial charge in [-0.3, -0.25) is 9.36 Å². The van der Waals surface area contributed by atoms with E-state index in [-0.39, 0.29) is 22.9 Å². The minimum atomic E-state index is -0.747. The van der Waals surface area contributed by atoms with E-state index in [0.717, 1.165) is 43.0 Å². The summed E-state index contributed by atoms with van der Waals surface area (Å²) in [5.74, 6) is -0.790. The van der Waals surface area contributed by atoms with Gasteiger partial charge in [-0.1, -0.05) is 18.0 Å². The molecule has 0 aliphatic carbocycles. The third-order valence-corrected chi connectivity index (χ3v) is 6.53. The fraction of sp³-hybridized carbons (Fsp3) is 0.259. The Labute approximate surface area is 206 Å². The lowest BCUT2D eigenvalue weighted by molar-refractivity contribution is 0.341. The number of piperidine rings is 1. The number of nitrogens with one attached hydrogen (secondary N) is 1. The van der Waals surface area contributed by atoms with E-state index in [1.807, 2.05) is 13.8 Å². The largest absolute Gasteiger partial charge is 0.438 e. The van der Waals surface area contributed by atoms with Crippen LogP contribution in [-0.2, 0) is 0 Å². The van der Waals surface area contributed by atoms with E-state index in [9.17, 15) is 13.6 Å². The lowest BCUT2D eigenvalue weighted by Crippen LogP contribution is -2.26. The molecule has 5 nitrogen and oxygen atoms in total. The maximum Gasteiger partial charge on any atom is 0.255 e. The highest BCUT2D eigenvalue weighted by atomic mass is 35.5. The molecule has 35 heavy (non-hydrogen) atoms. The van der Waals surface area contributed by atoms with Crippen molar-refractivity contribution in [3.05, 3.63) is 92.7 Å². The van der Waals surface area contributed by atoms with E-state index in [4.69, 9.17) is 21.0 Å². The zero-order valence-electron chi connectivity index (χ0n) is 19.4. The molecule has 1 fully saturated rings. The number of hydrogen-bond acceptors (Lipinski definition) is 4. The van der Waals surface area contributed by atoms with Crippen LogP contribution in [0.1, 0.15) is 42.3 Å². The summed E-state index contributed by atoms with van der Waals surface area (Å²) in [7, 11) is 0. The molecule has 3 heterocycles. The maximum absolute atomic E-state index is 14.8. The first-order chi connectivity index (χ1) is 16.8. The van der Waals surface area contributed by atoms with Crippen molar-refractivity contribution in [2.24, 2.45) is 0 Å². The average molecular weight is 496 g/mol. The van der Waals surface area contributed by atoms with Crippen molar-refractivity contribution < 1.29 is 13.2 Å². The summed E-state index contributed by atoms with van der Waals surface area (Å²) >= 11 is 6.19. The van der Waals surface area contributed by atoms with Crippen molar-refractivity contribution in [3.63, 3.8) is 0 Å². The average Bonchev–Trinajstić information content (AvgIpc) is 3.25. The quantitative estimate of drug-likeness (QED) is 0.350. The molecule has 2 aromatic heterocycles. The monoisotopic (exact) mass is 495 g/mol. The number of aryl methyl sites for hydroxylation is 2. The van der Waals surface area contributed by atoms with Gasteiger partial charge in [0.05, 0.1) is 17.3 Å². The first kappa shape index (κ1) is 23.5. The molecule has 1 saturated heterocycles. The molecule has 5 rings (SSSR count). The van der Waals surface area contributed by atoms with E-state index in [1.165, 1.54) is 22.8 Å². The van der Waals surface area contributed by atoms with E-state index in [1.54, 1.807) is 24.4 Å². The minimum absolute atomic E-state index is 0.104. The molecule has 0 amide bonds. The van der Waals surface area contributed by atoms with Gasteiger partial charge < -0.3 is 9.73 Å². The van der Waals surface area contributed by atoms with Crippen LogP contribution in [0.4, 0.5) is 8.78 Å². The van der Waals surface area contributed by atoms with E-state index in [2.05, 4.69) is 5.32 Å². The molecule has 4 aromatic rings. The Kier molecular flexibility index (Phi) is 6.30. The standard InChI is InChI=1S/C27H24ClF2N3O2/c1-15-11-18(28)12-16(2)25(15)33-14-17(6-9-23(33)34)24-26(20-8-7-19(29)13-21(20)30)35-27(32-24)22-5-3-4-10-31-22/h6-9,11-14,22,31H,3-5,10H2,1-2H3/t22-/m1/s1. The van der Waals surface area contributed by atoms with Crippen LogP contribution in [0.2, 0.25) is 5.02 Å². The van der Waals surface area contributed by atoms with Crippen molar-refractivity contribution in [3.8, 4) is 28.3 Å². The number of oxazole rings is 1. The van der Waals surface area contributed by atoms with Gasteiger partial charge in [-0.2, -0.15) is 0 Å². The van der Waals surface area contributed by atoms with Gasteiger partial charge in [-0.05, 0) is 74.7 Å². The highest BCUT2D eigenvalue weighted by Crippen LogP contribution is 2.37. The van der Waals surface area contributed by atoms with Crippen molar-refractivity contribution in [1.29, 1.82) is 0 Å². The van der Waals surface area contributed by atoms with Crippen LogP contribution in [-0.4, -0.2) is 16.1 Å². The van der Waals surface area contributed by atoms with Gasteiger partial charge in [0, 0.05) is 28.9 Å². The Morgan fingerprint density at radius 3 is 2.54 bits per heavy atom. The van der Waals surface area contributed by atoms with Crippen LogP contribution in [0.3, 0.4) is 0 Å². The molecule has 1 atom stereocenters. The number of benzene rings is 2. The Morgan fingerprint density at radius 2 is 1.86 bits per heavy atom. The van der Waals surface area contributed by atoms with Crippen LogP contribution >= 0.6 is 11.6 Å². The molecular weight excluding hydrogens is 472 g/mol. The van der Waals surface area contributed by atoms with Gasteiger partial charge in [-0.15, -0.1) is 0 Å². The zero-order chi connectivity index (χ0) is 24.7. The summed E-state index contributed by atoms with van der Waals surface area (Å²) in [6.07, 6.45) is 4.60. The summed E-state index contributed by atoms with van der Waals surface area (Å²) in [5, 5.41) is 3.98. The fourth-order valence-corrected chi connectivity index (χ4v) is 5.01. The predicted molar refractivity (Wildman–Crippen MR) is 132 cm³/mol. The van der Waals surface area contributed by atoms with Crippen molar-refractivity contribution in [1.82, 2.24) is 14.9 Å². The molecule has 180 valence electrons. The third-order valence-electron chi connectivity index (χ3n) is 6.31. The van der Waals surface area contributed by atoms with Crippen molar-refractivity contribution in [2.75, 3.05) is 6.54 Å². The number of hydrogen-bond donors (Lipinski definition) is 1.